The van der Waals surface area contributed by atoms with E-state index in [0.717, 1.165) is 34.9 Å². The van der Waals surface area contributed by atoms with E-state index >= 15 is 0 Å². The minimum absolute atomic E-state index is 0.383. The van der Waals surface area contributed by atoms with Gasteiger partial charge in [-0.05, 0) is 71.0 Å². The highest BCUT2D eigenvalue weighted by Gasteiger charge is 2.16. The van der Waals surface area contributed by atoms with Gasteiger partial charge >= 0.3 is 0 Å². The van der Waals surface area contributed by atoms with Gasteiger partial charge in [0.05, 0.1) is 17.1 Å². The van der Waals surface area contributed by atoms with Gasteiger partial charge in [0.2, 0.25) is 5.82 Å². The fourth-order valence-corrected chi connectivity index (χ4v) is 3.35. The Morgan fingerprint density at radius 2 is 1.64 bits per heavy atom. The van der Waals surface area contributed by atoms with E-state index in [1.54, 1.807) is 0 Å². The maximum atomic E-state index is 5.85. The lowest BCUT2D eigenvalue weighted by Gasteiger charge is -2.14. The largest absolute Gasteiger partial charge is 0.492 e. The lowest BCUT2D eigenvalue weighted by atomic mass is 10.2. The summed E-state index contributed by atoms with van der Waals surface area (Å²) in [5, 5.41) is 4.10. The van der Waals surface area contributed by atoms with Crippen LogP contribution in [0.3, 0.4) is 0 Å². The SMILES string of the molecule is Cc1nc(C)c(-c2nc(-c3ccc(OCCN4CCCC4)cc3)no2)nc1C. The van der Waals surface area contributed by atoms with Gasteiger partial charge in [-0.1, -0.05) is 5.16 Å². The van der Waals surface area contributed by atoms with Crippen LogP contribution in [-0.2, 0) is 0 Å². The minimum Gasteiger partial charge on any atom is -0.492 e. The van der Waals surface area contributed by atoms with Crippen LogP contribution in [-0.4, -0.2) is 51.2 Å². The summed E-state index contributed by atoms with van der Waals surface area (Å²) >= 11 is 0. The Labute approximate surface area is 164 Å². The molecule has 4 rings (SSSR count). The number of aryl methyl sites for hydroxylation is 3. The summed E-state index contributed by atoms with van der Waals surface area (Å²) in [6.07, 6.45) is 2.60. The molecule has 1 aliphatic heterocycles. The van der Waals surface area contributed by atoms with Crippen molar-refractivity contribution in [2.24, 2.45) is 0 Å². The first-order chi connectivity index (χ1) is 13.6. The molecule has 146 valence electrons. The smallest absolute Gasteiger partial charge is 0.278 e. The molecule has 2 aromatic heterocycles. The van der Waals surface area contributed by atoms with E-state index in [-0.39, 0.29) is 0 Å². The molecule has 1 aliphatic rings. The molecule has 0 atom stereocenters. The van der Waals surface area contributed by atoms with Crippen molar-refractivity contribution in [2.45, 2.75) is 33.6 Å². The fourth-order valence-electron chi connectivity index (χ4n) is 3.35. The Morgan fingerprint density at radius 3 is 2.39 bits per heavy atom. The number of rotatable bonds is 6. The van der Waals surface area contributed by atoms with E-state index in [1.165, 1.54) is 25.9 Å². The summed E-state index contributed by atoms with van der Waals surface area (Å²) in [7, 11) is 0. The second-order valence-electron chi connectivity index (χ2n) is 7.17. The zero-order chi connectivity index (χ0) is 19.5. The topological polar surface area (TPSA) is 77.2 Å². The highest BCUT2D eigenvalue weighted by molar-refractivity contribution is 5.59. The molecule has 0 unspecified atom stereocenters. The van der Waals surface area contributed by atoms with Crippen LogP contribution in [0.25, 0.3) is 23.0 Å². The second kappa shape index (κ2) is 8.06. The third kappa shape index (κ3) is 4.04. The Hall–Kier alpha value is -2.80. The first kappa shape index (κ1) is 18.6. The molecule has 0 amide bonds. The molecule has 7 nitrogen and oxygen atoms in total. The van der Waals surface area contributed by atoms with Crippen molar-refractivity contribution in [2.75, 3.05) is 26.2 Å². The first-order valence-electron chi connectivity index (χ1n) is 9.71. The Bertz CT molecular complexity index is 946. The maximum absolute atomic E-state index is 5.85. The number of ether oxygens (including phenoxy) is 1. The number of nitrogens with zero attached hydrogens (tertiary/aromatic N) is 5. The molecule has 1 aromatic carbocycles. The molecule has 7 heteroatoms. The Morgan fingerprint density at radius 1 is 0.929 bits per heavy atom. The van der Waals surface area contributed by atoms with Crippen LogP contribution in [0.2, 0.25) is 0 Å². The van der Waals surface area contributed by atoms with Gasteiger partial charge in [-0.15, -0.1) is 0 Å². The van der Waals surface area contributed by atoms with Crippen LogP contribution in [0.15, 0.2) is 28.8 Å². The monoisotopic (exact) mass is 379 g/mol. The zero-order valence-electron chi connectivity index (χ0n) is 16.6. The number of hydrogen-bond donors (Lipinski definition) is 0. The molecular weight excluding hydrogens is 354 g/mol. The summed E-state index contributed by atoms with van der Waals surface area (Å²) < 4.78 is 11.3. The molecule has 0 N–H and O–H groups in total. The summed E-state index contributed by atoms with van der Waals surface area (Å²) in [6, 6.07) is 7.77. The number of benzene rings is 1. The van der Waals surface area contributed by atoms with E-state index in [1.807, 2.05) is 45.0 Å². The highest BCUT2D eigenvalue weighted by atomic mass is 16.5. The summed E-state index contributed by atoms with van der Waals surface area (Å²) in [5.74, 6) is 1.76. The van der Waals surface area contributed by atoms with Gasteiger partial charge in [-0.2, -0.15) is 4.98 Å². The van der Waals surface area contributed by atoms with Crippen LogP contribution in [0.1, 0.15) is 29.9 Å². The quantitative estimate of drug-likeness (QED) is 0.647. The second-order valence-corrected chi connectivity index (χ2v) is 7.17. The van der Waals surface area contributed by atoms with Gasteiger partial charge < -0.3 is 9.26 Å². The van der Waals surface area contributed by atoms with E-state index in [9.17, 15) is 0 Å². The molecule has 28 heavy (non-hydrogen) atoms. The molecule has 0 radical (unpaired) electrons. The summed E-state index contributed by atoms with van der Waals surface area (Å²) in [6.45, 7) is 9.81. The summed E-state index contributed by atoms with van der Waals surface area (Å²) in [4.78, 5) is 16.0. The maximum Gasteiger partial charge on any atom is 0.278 e. The van der Waals surface area contributed by atoms with Crippen molar-refractivity contribution < 1.29 is 9.26 Å². The minimum atomic E-state index is 0.383. The normalized spacial score (nSPS) is 14.5. The van der Waals surface area contributed by atoms with Gasteiger partial charge in [-0.25, -0.2) is 4.98 Å². The van der Waals surface area contributed by atoms with Gasteiger partial charge in [-0.3, -0.25) is 9.88 Å². The third-order valence-corrected chi connectivity index (χ3v) is 5.10. The number of hydrogen-bond acceptors (Lipinski definition) is 7. The predicted molar refractivity (Wildman–Crippen MR) is 106 cm³/mol. The van der Waals surface area contributed by atoms with E-state index < -0.39 is 0 Å². The van der Waals surface area contributed by atoms with Crippen LogP contribution < -0.4 is 4.74 Å². The van der Waals surface area contributed by atoms with Crippen LogP contribution in [0.4, 0.5) is 0 Å². The molecule has 1 saturated heterocycles. The van der Waals surface area contributed by atoms with E-state index in [0.29, 0.717) is 24.0 Å². The van der Waals surface area contributed by atoms with E-state index in [4.69, 9.17) is 9.26 Å². The van der Waals surface area contributed by atoms with Crippen molar-refractivity contribution >= 4 is 0 Å². The van der Waals surface area contributed by atoms with Gasteiger partial charge in [0.15, 0.2) is 0 Å². The summed E-state index contributed by atoms with van der Waals surface area (Å²) in [5.41, 5.74) is 4.04. The van der Waals surface area contributed by atoms with Gasteiger partial charge in [0, 0.05) is 12.1 Å². The zero-order valence-corrected chi connectivity index (χ0v) is 16.6. The van der Waals surface area contributed by atoms with Crippen molar-refractivity contribution in [1.29, 1.82) is 0 Å². The van der Waals surface area contributed by atoms with Crippen molar-refractivity contribution in [3.05, 3.63) is 41.3 Å². The first-order valence-corrected chi connectivity index (χ1v) is 9.71. The van der Waals surface area contributed by atoms with Crippen molar-refractivity contribution in [1.82, 2.24) is 25.0 Å². The number of likely N-dealkylation sites (tertiary alicyclic amines) is 1. The van der Waals surface area contributed by atoms with Crippen molar-refractivity contribution in [3.63, 3.8) is 0 Å². The molecule has 0 bridgehead atoms. The predicted octanol–water partition coefficient (Wildman–Crippen LogP) is 3.59. The molecule has 0 aliphatic carbocycles. The molecule has 0 spiro atoms. The average molecular weight is 379 g/mol. The molecule has 3 heterocycles. The lowest BCUT2D eigenvalue weighted by molar-refractivity contribution is 0.238. The number of aromatic nitrogens is 4. The Balaban J connectivity index is 1.43. The van der Waals surface area contributed by atoms with Crippen LogP contribution in [0.5, 0.6) is 5.75 Å². The molecule has 3 aromatic rings. The highest BCUT2D eigenvalue weighted by Crippen LogP contribution is 2.25. The van der Waals surface area contributed by atoms with Crippen molar-refractivity contribution in [3.8, 4) is 28.7 Å². The van der Waals surface area contributed by atoms with Crippen LogP contribution in [0, 0.1) is 20.8 Å². The van der Waals surface area contributed by atoms with Gasteiger partial charge in [0.25, 0.3) is 5.89 Å². The molecule has 0 saturated carbocycles. The Kier molecular flexibility index (Phi) is 5.34. The fraction of sp³-hybridized carbons (Fsp3) is 0.429. The van der Waals surface area contributed by atoms with E-state index in [2.05, 4.69) is 25.0 Å². The molecular formula is C21H25N5O2. The third-order valence-electron chi connectivity index (χ3n) is 5.10. The van der Waals surface area contributed by atoms with Gasteiger partial charge in [0.1, 0.15) is 18.1 Å². The van der Waals surface area contributed by atoms with Crippen LogP contribution >= 0.6 is 0 Å². The lowest BCUT2D eigenvalue weighted by Crippen LogP contribution is -2.25. The standard InChI is InChI=1S/C21H25N5O2/c1-14-15(2)23-19(16(3)22-14)21-24-20(25-28-21)17-6-8-18(9-7-17)27-13-12-26-10-4-5-11-26/h6-9H,4-5,10-13H2,1-3H3. The average Bonchev–Trinajstić information content (AvgIpc) is 3.37. The molecule has 1 fully saturated rings.